The fraction of sp³-hybridized carbons (Fsp3) is 0.500. The van der Waals surface area contributed by atoms with Gasteiger partial charge in [-0.2, -0.15) is 4.98 Å². The van der Waals surface area contributed by atoms with E-state index in [9.17, 15) is 5.11 Å². The second-order valence-electron chi connectivity index (χ2n) is 6.16. The molecular weight excluding hydrogens is 266 g/mol. The van der Waals surface area contributed by atoms with Gasteiger partial charge in [0.15, 0.2) is 5.82 Å². The van der Waals surface area contributed by atoms with Crippen LogP contribution in [0, 0.1) is 6.92 Å². The van der Waals surface area contributed by atoms with Gasteiger partial charge in [-0.15, -0.1) is 0 Å². The van der Waals surface area contributed by atoms with E-state index in [0.29, 0.717) is 18.3 Å². The van der Waals surface area contributed by atoms with Gasteiger partial charge in [0.1, 0.15) is 0 Å². The van der Waals surface area contributed by atoms with Gasteiger partial charge < -0.3 is 9.63 Å². The molecule has 1 N–H and O–H groups in total. The topological polar surface area (TPSA) is 62.4 Å². The Labute approximate surface area is 124 Å². The predicted molar refractivity (Wildman–Crippen MR) is 79.6 cm³/mol. The van der Waals surface area contributed by atoms with E-state index in [4.69, 9.17) is 4.52 Å². The molecule has 2 aromatic rings. The Morgan fingerprint density at radius 2 is 2.10 bits per heavy atom. The average molecular weight is 287 g/mol. The molecule has 0 bridgehead atoms. The Morgan fingerprint density at radius 1 is 1.33 bits per heavy atom. The molecule has 21 heavy (non-hydrogen) atoms. The van der Waals surface area contributed by atoms with Gasteiger partial charge in [-0.05, 0) is 38.8 Å². The van der Waals surface area contributed by atoms with Crippen LogP contribution in [0.3, 0.4) is 0 Å². The number of likely N-dealkylation sites (tertiary alicyclic amines) is 1. The lowest BCUT2D eigenvalue weighted by Gasteiger charge is -2.35. The molecule has 1 saturated heterocycles. The third kappa shape index (κ3) is 3.49. The van der Waals surface area contributed by atoms with Crippen LogP contribution in [0.15, 0.2) is 28.8 Å². The van der Waals surface area contributed by atoms with Gasteiger partial charge in [0.05, 0.1) is 12.1 Å². The van der Waals surface area contributed by atoms with Gasteiger partial charge in [-0.3, -0.25) is 4.90 Å². The number of piperidine rings is 1. The molecule has 1 aliphatic heterocycles. The maximum absolute atomic E-state index is 9.96. The fourth-order valence-corrected chi connectivity index (χ4v) is 2.61. The van der Waals surface area contributed by atoms with Crippen molar-refractivity contribution in [2.24, 2.45) is 0 Å². The van der Waals surface area contributed by atoms with Crippen molar-refractivity contribution in [1.82, 2.24) is 15.0 Å². The van der Waals surface area contributed by atoms with Gasteiger partial charge in [0.25, 0.3) is 5.89 Å². The van der Waals surface area contributed by atoms with Crippen LogP contribution < -0.4 is 0 Å². The molecule has 0 radical (unpaired) electrons. The molecule has 2 heterocycles. The molecule has 0 saturated carbocycles. The second-order valence-corrected chi connectivity index (χ2v) is 6.16. The third-order valence-electron chi connectivity index (χ3n) is 4.03. The largest absolute Gasteiger partial charge is 0.390 e. The molecule has 5 heteroatoms. The minimum Gasteiger partial charge on any atom is -0.390 e. The lowest BCUT2D eigenvalue weighted by molar-refractivity contribution is -0.00799. The van der Waals surface area contributed by atoms with Crippen molar-refractivity contribution in [3.05, 3.63) is 35.7 Å². The van der Waals surface area contributed by atoms with Crippen LogP contribution in [0.25, 0.3) is 11.5 Å². The zero-order valence-electron chi connectivity index (χ0n) is 12.5. The third-order valence-corrected chi connectivity index (χ3v) is 4.03. The number of hydrogen-bond donors (Lipinski definition) is 1. The first-order chi connectivity index (χ1) is 10.0. The van der Waals surface area contributed by atoms with Crippen LogP contribution in [0.2, 0.25) is 0 Å². The van der Waals surface area contributed by atoms with Gasteiger partial charge in [-0.25, -0.2) is 0 Å². The summed E-state index contributed by atoms with van der Waals surface area (Å²) in [7, 11) is 0. The summed E-state index contributed by atoms with van der Waals surface area (Å²) in [5.41, 5.74) is 1.60. The number of nitrogens with zero attached hydrogens (tertiary/aromatic N) is 3. The molecule has 1 aromatic carbocycles. The molecular formula is C16H21N3O2. The van der Waals surface area contributed by atoms with Gasteiger partial charge in [-0.1, -0.05) is 22.9 Å². The number of hydrogen-bond acceptors (Lipinski definition) is 5. The van der Waals surface area contributed by atoms with Crippen LogP contribution >= 0.6 is 0 Å². The summed E-state index contributed by atoms with van der Waals surface area (Å²) in [5.74, 6) is 1.27. The minimum atomic E-state index is -0.527. The number of benzene rings is 1. The molecule has 0 amide bonds. The van der Waals surface area contributed by atoms with Crippen molar-refractivity contribution in [3.8, 4) is 11.5 Å². The van der Waals surface area contributed by atoms with Gasteiger partial charge >= 0.3 is 0 Å². The summed E-state index contributed by atoms with van der Waals surface area (Å²) >= 11 is 0. The lowest BCUT2D eigenvalue weighted by atomic mass is 9.94. The van der Waals surface area contributed by atoms with Crippen molar-refractivity contribution in [2.45, 2.75) is 38.8 Å². The maximum Gasteiger partial charge on any atom is 0.257 e. The molecule has 112 valence electrons. The van der Waals surface area contributed by atoms with E-state index < -0.39 is 5.60 Å². The highest BCUT2D eigenvalue weighted by Crippen LogP contribution is 2.23. The number of aryl methyl sites for hydroxylation is 1. The molecule has 3 rings (SSSR count). The summed E-state index contributed by atoms with van der Waals surface area (Å²) in [6.07, 6.45) is 1.57. The average Bonchev–Trinajstić information content (AvgIpc) is 2.90. The SMILES string of the molecule is Cc1cccc(-c2nc(CN3CCC(C)(O)CC3)no2)c1. The van der Waals surface area contributed by atoms with Gasteiger partial charge in [0, 0.05) is 18.7 Å². The summed E-state index contributed by atoms with van der Waals surface area (Å²) in [4.78, 5) is 6.72. The minimum absolute atomic E-state index is 0.527. The van der Waals surface area contributed by atoms with E-state index in [2.05, 4.69) is 15.0 Å². The zero-order valence-corrected chi connectivity index (χ0v) is 12.5. The molecule has 0 atom stereocenters. The first-order valence-corrected chi connectivity index (χ1v) is 7.36. The zero-order chi connectivity index (χ0) is 14.9. The molecule has 1 aliphatic rings. The van der Waals surface area contributed by atoms with Crippen LogP contribution in [0.4, 0.5) is 0 Å². The van der Waals surface area contributed by atoms with Crippen molar-refractivity contribution in [3.63, 3.8) is 0 Å². The van der Waals surface area contributed by atoms with E-state index in [0.717, 1.165) is 31.5 Å². The summed E-state index contributed by atoms with van der Waals surface area (Å²) in [5, 5.41) is 14.0. The molecule has 5 nitrogen and oxygen atoms in total. The van der Waals surface area contributed by atoms with Crippen molar-refractivity contribution in [2.75, 3.05) is 13.1 Å². The molecule has 1 fully saturated rings. The molecule has 0 aliphatic carbocycles. The quantitative estimate of drug-likeness (QED) is 0.939. The van der Waals surface area contributed by atoms with E-state index in [1.54, 1.807) is 0 Å². The van der Waals surface area contributed by atoms with Crippen molar-refractivity contribution in [1.29, 1.82) is 0 Å². The molecule has 0 unspecified atom stereocenters. The highest BCUT2D eigenvalue weighted by molar-refractivity contribution is 5.53. The molecule has 0 spiro atoms. The fourth-order valence-electron chi connectivity index (χ4n) is 2.61. The Kier molecular flexibility index (Phi) is 3.78. The van der Waals surface area contributed by atoms with Crippen LogP contribution in [-0.2, 0) is 6.54 Å². The van der Waals surface area contributed by atoms with E-state index in [1.807, 2.05) is 38.1 Å². The number of rotatable bonds is 3. The van der Waals surface area contributed by atoms with E-state index >= 15 is 0 Å². The summed E-state index contributed by atoms with van der Waals surface area (Å²) < 4.78 is 5.35. The Morgan fingerprint density at radius 3 is 2.81 bits per heavy atom. The Balaban J connectivity index is 1.66. The number of aliphatic hydroxyl groups is 1. The standard InChI is InChI=1S/C16H21N3O2/c1-12-4-3-5-13(10-12)15-17-14(18-21-15)11-19-8-6-16(2,20)7-9-19/h3-5,10,20H,6-9,11H2,1-2H3. The van der Waals surface area contributed by atoms with E-state index in [1.165, 1.54) is 5.56 Å². The smallest absolute Gasteiger partial charge is 0.257 e. The second kappa shape index (κ2) is 5.58. The maximum atomic E-state index is 9.96. The number of aromatic nitrogens is 2. The van der Waals surface area contributed by atoms with E-state index in [-0.39, 0.29) is 0 Å². The van der Waals surface area contributed by atoms with Gasteiger partial charge in [0.2, 0.25) is 0 Å². The normalized spacial score (nSPS) is 18.8. The van der Waals surface area contributed by atoms with Crippen LogP contribution in [0.5, 0.6) is 0 Å². The molecule has 1 aromatic heterocycles. The summed E-state index contributed by atoms with van der Waals surface area (Å²) in [6, 6.07) is 8.04. The highest BCUT2D eigenvalue weighted by atomic mass is 16.5. The highest BCUT2D eigenvalue weighted by Gasteiger charge is 2.27. The van der Waals surface area contributed by atoms with Crippen molar-refractivity contribution < 1.29 is 9.63 Å². The first-order valence-electron chi connectivity index (χ1n) is 7.36. The summed E-state index contributed by atoms with van der Waals surface area (Å²) in [6.45, 7) is 6.34. The predicted octanol–water partition coefficient (Wildman–Crippen LogP) is 2.39. The van der Waals surface area contributed by atoms with Crippen LogP contribution in [0.1, 0.15) is 31.2 Å². The van der Waals surface area contributed by atoms with Crippen molar-refractivity contribution >= 4 is 0 Å². The lowest BCUT2D eigenvalue weighted by Crippen LogP contribution is -2.42. The first kappa shape index (κ1) is 14.2. The monoisotopic (exact) mass is 287 g/mol. The van der Waals surface area contributed by atoms with Crippen LogP contribution in [-0.4, -0.2) is 38.8 Å². The Bertz CT molecular complexity index is 611. The Hall–Kier alpha value is -1.72.